The average Bonchev–Trinajstić information content (AvgIpc) is 2.93. The van der Waals surface area contributed by atoms with Gasteiger partial charge in [0.15, 0.2) is 5.78 Å². The fourth-order valence-corrected chi connectivity index (χ4v) is 5.25. The maximum absolute atomic E-state index is 15.1. The lowest BCUT2D eigenvalue weighted by Gasteiger charge is -2.40. The highest BCUT2D eigenvalue weighted by Crippen LogP contribution is 2.32. The van der Waals surface area contributed by atoms with Crippen LogP contribution in [0.2, 0.25) is 0 Å². The van der Waals surface area contributed by atoms with Gasteiger partial charge in [-0.1, -0.05) is 6.92 Å². The summed E-state index contributed by atoms with van der Waals surface area (Å²) in [4.78, 5) is 23.4. The van der Waals surface area contributed by atoms with Crippen molar-refractivity contribution < 1.29 is 32.5 Å². The monoisotopic (exact) mass is 556 g/mol. The molecule has 1 aromatic carbocycles. The number of hydrogen-bond donors (Lipinski definition) is 2. The number of rotatable bonds is 7. The number of aromatic nitrogens is 2. The second-order valence-corrected chi connectivity index (χ2v) is 10.4. The molecule has 0 unspecified atom stereocenters. The third-order valence-corrected chi connectivity index (χ3v) is 7.34. The maximum Gasteiger partial charge on any atom is 0.185 e. The number of piperidine rings is 1. The van der Waals surface area contributed by atoms with Crippen molar-refractivity contribution in [3.8, 4) is 17.0 Å². The summed E-state index contributed by atoms with van der Waals surface area (Å²) in [5, 5.41) is 10.2. The van der Waals surface area contributed by atoms with E-state index in [-0.39, 0.29) is 29.9 Å². The number of Topliss-reactive ketones (excluding diaryl/α,β-unsaturated/α-hetero) is 1. The van der Waals surface area contributed by atoms with Crippen molar-refractivity contribution in [3.05, 3.63) is 71.4 Å². The highest BCUT2D eigenvalue weighted by molar-refractivity contribution is 5.97. The van der Waals surface area contributed by atoms with Crippen molar-refractivity contribution in [3.63, 3.8) is 0 Å². The topological polar surface area (TPSA) is 111 Å². The molecule has 2 saturated heterocycles. The fraction of sp³-hybridized carbons (Fsp3) is 0.414. The largest absolute Gasteiger partial charge is 0.488 e. The number of pyridine rings is 2. The van der Waals surface area contributed by atoms with Crippen molar-refractivity contribution >= 4 is 11.5 Å². The zero-order valence-corrected chi connectivity index (χ0v) is 22.0. The third kappa shape index (κ3) is 5.96. The summed E-state index contributed by atoms with van der Waals surface area (Å²) in [6, 6.07) is 5.41. The summed E-state index contributed by atoms with van der Waals surface area (Å²) in [5.74, 6) is -3.70. The predicted molar refractivity (Wildman–Crippen MR) is 142 cm³/mol. The SMILES string of the molecule is C[C@H]1CN(c2ccncc2CC(=O)c2ccc(F)c(-c3c(F)cc(O[C@@H]4CCCOC4)cc3F)n2)C[C@@H](N)[C@@H]1O. The Morgan fingerprint density at radius 1 is 1.18 bits per heavy atom. The van der Waals surface area contributed by atoms with Gasteiger partial charge in [0, 0.05) is 73.9 Å². The van der Waals surface area contributed by atoms with E-state index in [4.69, 9.17) is 15.2 Å². The van der Waals surface area contributed by atoms with Crippen LogP contribution in [-0.4, -0.2) is 65.4 Å². The van der Waals surface area contributed by atoms with Gasteiger partial charge in [-0.2, -0.15) is 0 Å². The van der Waals surface area contributed by atoms with Gasteiger partial charge in [0.1, 0.15) is 40.7 Å². The molecule has 2 aromatic heterocycles. The molecule has 0 saturated carbocycles. The number of hydrogen-bond acceptors (Lipinski definition) is 8. The first-order valence-electron chi connectivity index (χ1n) is 13.3. The second-order valence-electron chi connectivity index (χ2n) is 10.4. The van der Waals surface area contributed by atoms with Gasteiger partial charge in [-0.05, 0) is 31.0 Å². The van der Waals surface area contributed by atoms with Crippen LogP contribution in [0.5, 0.6) is 5.75 Å². The van der Waals surface area contributed by atoms with E-state index < -0.39 is 46.6 Å². The van der Waals surface area contributed by atoms with Crippen molar-refractivity contribution in [1.82, 2.24) is 9.97 Å². The van der Waals surface area contributed by atoms with E-state index in [1.165, 1.54) is 6.07 Å². The van der Waals surface area contributed by atoms with Crippen molar-refractivity contribution in [2.75, 3.05) is 31.2 Å². The van der Waals surface area contributed by atoms with E-state index in [2.05, 4.69) is 9.97 Å². The number of halogens is 3. The number of carbonyl (C=O) groups is 1. The predicted octanol–water partition coefficient (Wildman–Crippen LogP) is 3.69. The summed E-state index contributed by atoms with van der Waals surface area (Å²) >= 11 is 0. The number of ether oxygens (including phenoxy) is 2. The molecule has 2 aliphatic rings. The molecule has 4 atom stereocenters. The molecule has 0 aliphatic carbocycles. The number of carbonyl (C=O) groups excluding carboxylic acids is 1. The van der Waals surface area contributed by atoms with E-state index in [1.807, 2.05) is 11.8 Å². The third-order valence-electron chi connectivity index (χ3n) is 7.34. The van der Waals surface area contributed by atoms with Crippen LogP contribution in [-0.2, 0) is 11.2 Å². The molecule has 2 fully saturated rings. The number of aliphatic hydroxyl groups excluding tert-OH is 1. The van der Waals surface area contributed by atoms with E-state index in [1.54, 1.807) is 18.5 Å². The number of nitrogens with zero attached hydrogens (tertiary/aromatic N) is 3. The smallest absolute Gasteiger partial charge is 0.185 e. The molecule has 11 heteroatoms. The number of aliphatic hydroxyl groups is 1. The first-order valence-corrected chi connectivity index (χ1v) is 13.3. The van der Waals surface area contributed by atoms with Crippen LogP contribution in [0.4, 0.5) is 18.9 Å². The van der Waals surface area contributed by atoms with Gasteiger partial charge in [0.05, 0.1) is 18.3 Å². The van der Waals surface area contributed by atoms with Gasteiger partial charge in [-0.25, -0.2) is 18.2 Å². The highest BCUT2D eigenvalue weighted by atomic mass is 19.1. The molecule has 8 nitrogen and oxygen atoms in total. The average molecular weight is 557 g/mol. The Morgan fingerprint density at radius 3 is 2.65 bits per heavy atom. The Labute approximate surface area is 229 Å². The zero-order chi connectivity index (χ0) is 28.4. The lowest BCUT2D eigenvalue weighted by molar-refractivity contribution is 0.00720. The van der Waals surface area contributed by atoms with Crippen LogP contribution >= 0.6 is 0 Å². The van der Waals surface area contributed by atoms with Gasteiger partial charge >= 0.3 is 0 Å². The number of ketones is 1. The first-order chi connectivity index (χ1) is 19.2. The zero-order valence-electron chi connectivity index (χ0n) is 22.0. The molecule has 0 amide bonds. The minimum absolute atomic E-state index is 0.0368. The molecule has 3 N–H and O–H groups in total. The molecular formula is C29H31F3N4O4. The first kappa shape index (κ1) is 28.0. The van der Waals surface area contributed by atoms with Crippen molar-refractivity contribution in [2.24, 2.45) is 11.7 Å². The normalized spacial score (nSPS) is 23.2. The molecule has 212 valence electrons. The Balaban J connectivity index is 1.38. The van der Waals surface area contributed by atoms with E-state index >= 15 is 8.78 Å². The van der Waals surface area contributed by atoms with Crippen LogP contribution in [0, 0.1) is 23.4 Å². The minimum atomic E-state index is -1.06. The number of benzene rings is 1. The minimum Gasteiger partial charge on any atom is -0.488 e. The fourth-order valence-electron chi connectivity index (χ4n) is 5.25. The molecule has 0 bridgehead atoms. The molecule has 0 spiro atoms. The van der Waals surface area contributed by atoms with E-state index in [0.717, 1.165) is 30.3 Å². The van der Waals surface area contributed by atoms with Gasteiger partial charge in [-0.3, -0.25) is 9.78 Å². The molecule has 4 heterocycles. The molecule has 40 heavy (non-hydrogen) atoms. The van der Waals surface area contributed by atoms with Crippen LogP contribution in [0.25, 0.3) is 11.3 Å². The summed E-state index contributed by atoms with van der Waals surface area (Å²) in [6.07, 6.45) is 3.51. The van der Waals surface area contributed by atoms with Crippen LogP contribution < -0.4 is 15.4 Å². The van der Waals surface area contributed by atoms with Crippen molar-refractivity contribution in [1.29, 1.82) is 0 Å². The molecule has 3 aromatic rings. The Morgan fingerprint density at radius 2 is 1.95 bits per heavy atom. The summed E-state index contributed by atoms with van der Waals surface area (Å²) < 4.78 is 55.9. The highest BCUT2D eigenvalue weighted by Gasteiger charge is 2.32. The summed E-state index contributed by atoms with van der Waals surface area (Å²) in [6.45, 7) is 3.75. The van der Waals surface area contributed by atoms with Gasteiger partial charge in [-0.15, -0.1) is 0 Å². The standard InChI is InChI=1S/C29H31F3N4O4/c1-16-13-36(14-23(33)29(16)38)25-6-7-34-12-17(25)9-26(37)24-5-4-20(30)28(35-24)27-21(31)10-19(11-22(27)32)40-18-3-2-8-39-15-18/h4-7,10-12,16,18,23,29,38H,2-3,8-9,13-15,33H2,1H3/t16-,18+,23+,29+/m0/s1. The maximum atomic E-state index is 15.1. The summed E-state index contributed by atoms with van der Waals surface area (Å²) in [5.41, 5.74) is 5.99. The van der Waals surface area contributed by atoms with Gasteiger partial charge in [0.2, 0.25) is 0 Å². The Bertz CT molecular complexity index is 1350. The van der Waals surface area contributed by atoms with Crippen molar-refractivity contribution in [2.45, 2.75) is 44.4 Å². The lowest BCUT2D eigenvalue weighted by atomic mass is 9.92. The van der Waals surface area contributed by atoms with Gasteiger partial charge in [0.25, 0.3) is 0 Å². The van der Waals surface area contributed by atoms with Crippen LogP contribution in [0.1, 0.15) is 35.8 Å². The van der Waals surface area contributed by atoms with Gasteiger partial charge < -0.3 is 25.2 Å². The Hall–Kier alpha value is -3.54. The number of anilines is 1. The van der Waals surface area contributed by atoms with Crippen LogP contribution in [0.15, 0.2) is 42.7 Å². The molecule has 2 aliphatic heterocycles. The lowest BCUT2D eigenvalue weighted by Crippen LogP contribution is -2.55. The van der Waals surface area contributed by atoms with E-state index in [9.17, 15) is 14.3 Å². The molecule has 5 rings (SSSR count). The summed E-state index contributed by atoms with van der Waals surface area (Å²) in [7, 11) is 0. The molecule has 0 radical (unpaired) electrons. The molecular weight excluding hydrogens is 525 g/mol. The van der Waals surface area contributed by atoms with Crippen LogP contribution in [0.3, 0.4) is 0 Å². The van der Waals surface area contributed by atoms with E-state index in [0.29, 0.717) is 38.3 Å². The number of nitrogens with two attached hydrogens (primary N) is 1. The quantitative estimate of drug-likeness (QED) is 0.424. The second kappa shape index (κ2) is 11.9. The Kier molecular flexibility index (Phi) is 8.34.